The number of phenols is 3. The highest BCUT2D eigenvalue weighted by Crippen LogP contribution is 2.38. The molecule has 0 radical (unpaired) electrons. The molecule has 0 bridgehead atoms. The summed E-state index contributed by atoms with van der Waals surface area (Å²) in [7, 11) is 0. The minimum Gasteiger partial charge on any atom is -0.507 e. The van der Waals surface area contributed by atoms with Crippen molar-refractivity contribution < 1.29 is 59.1 Å². The summed E-state index contributed by atoms with van der Waals surface area (Å²) in [6, 6.07) is 13.7. The van der Waals surface area contributed by atoms with E-state index in [9.17, 15) is 30.6 Å². The predicted molar refractivity (Wildman–Crippen MR) is 268 cm³/mol. The molecular formula is C54H81N3O12. The lowest BCUT2D eigenvalue weighted by molar-refractivity contribution is -0.00112. The Balaban J connectivity index is 1.52. The maximum absolute atomic E-state index is 11.3. The molecule has 3 aromatic carbocycles. The van der Waals surface area contributed by atoms with E-state index in [0.29, 0.717) is 54.8 Å². The molecule has 15 nitrogen and oxygen atoms in total. The Labute approximate surface area is 410 Å². The van der Waals surface area contributed by atoms with Crippen LogP contribution in [-0.2, 0) is 14.2 Å². The zero-order valence-electron chi connectivity index (χ0n) is 42.0. The molecule has 6 N–H and O–H groups in total. The average Bonchev–Trinajstić information content (AvgIpc) is 3.35. The van der Waals surface area contributed by atoms with E-state index in [-0.39, 0.29) is 91.1 Å². The summed E-state index contributed by atoms with van der Waals surface area (Å²) < 4.78 is 34.8. The van der Waals surface area contributed by atoms with E-state index < -0.39 is 18.3 Å². The molecule has 1 heterocycles. The summed E-state index contributed by atoms with van der Waals surface area (Å²) in [5.74, 6) is 1.58. The second-order valence-corrected chi connectivity index (χ2v) is 18.1. The molecule has 69 heavy (non-hydrogen) atoms. The lowest BCUT2D eigenvalue weighted by Gasteiger charge is -2.18. The highest BCUT2D eigenvalue weighted by atomic mass is 16.5. The fourth-order valence-corrected chi connectivity index (χ4v) is 7.64. The van der Waals surface area contributed by atoms with E-state index >= 15 is 0 Å². The first-order valence-corrected chi connectivity index (χ1v) is 25.3. The zero-order chi connectivity index (χ0) is 50.0. The maximum atomic E-state index is 11.3. The van der Waals surface area contributed by atoms with Crippen molar-refractivity contribution in [3.8, 4) is 68.7 Å². The van der Waals surface area contributed by atoms with Gasteiger partial charge >= 0.3 is 0 Å². The number of hydrogen-bond acceptors (Lipinski definition) is 15. The van der Waals surface area contributed by atoms with E-state index in [0.717, 1.165) is 77.0 Å². The molecule has 4 rings (SSSR count). The molecule has 4 aromatic rings. The minimum atomic E-state index is -0.881. The number of hydrogen-bond donors (Lipinski definition) is 6. The molecule has 384 valence electrons. The predicted octanol–water partition coefficient (Wildman–Crippen LogP) is 9.91. The smallest absolute Gasteiger partial charge is 0.167 e. The number of nitrogens with zero attached hydrogens (tertiary/aromatic N) is 3. The molecule has 0 saturated heterocycles. The van der Waals surface area contributed by atoms with Gasteiger partial charge in [-0.3, -0.25) is 0 Å². The van der Waals surface area contributed by atoms with Crippen molar-refractivity contribution in [2.45, 2.75) is 137 Å². The molecule has 6 atom stereocenters. The van der Waals surface area contributed by atoms with Crippen LogP contribution in [0.25, 0.3) is 34.2 Å². The van der Waals surface area contributed by atoms with Crippen molar-refractivity contribution in [2.24, 2.45) is 17.8 Å². The van der Waals surface area contributed by atoms with Gasteiger partial charge in [0.2, 0.25) is 0 Å². The lowest BCUT2D eigenvalue weighted by atomic mass is 10.0. The molecule has 0 spiro atoms. The highest BCUT2D eigenvalue weighted by Gasteiger charge is 2.21. The van der Waals surface area contributed by atoms with Gasteiger partial charge in [0.25, 0.3) is 0 Å². The number of benzene rings is 3. The third-order valence-corrected chi connectivity index (χ3v) is 12.2. The molecule has 0 aliphatic carbocycles. The number of aliphatic hydroxyl groups excluding tert-OH is 3. The molecule has 15 heteroatoms. The number of aliphatic hydroxyl groups is 3. The van der Waals surface area contributed by atoms with Gasteiger partial charge < -0.3 is 59.1 Å². The van der Waals surface area contributed by atoms with Gasteiger partial charge in [-0.25, -0.2) is 15.0 Å². The molecule has 0 amide bonds. The van der Waals surface area contributed by atoms with Gasteiger partial charge in [-0.1, -0.05) is 99.3 Å². The second-order valence-electron chi connectivity index (χ2n) is 18.1. The fourth-order valence-electron chi connectivity index (χ4n) is 7.64. The van der Waals surface area contributed by atoms with Gasteiger partial charge in [0.1, 0.15) is 72.6 Å². The molecule has 0 aliphatic heterocycles. The summed E-state index contributed by atoms with van der Waals surface area (Å²) in [5.41, 5.74) is 0.601. The first kappa shape index (κ1) is 56.8. The molecule has 1 aromatic heterocycles. The van der Waals surface area contributed by atoms with Gasteiger partial charge in [-0.2, -0.15) is 0 Å². The summed E-state index contributed by atoms with van der Waals surface area (Å²) in [5, 5.41) is 65.7. The summed E-state index contributed by atoms with van der Waals surface area (Å²) in [4.78, 5) is 13.9. The average molecular weight is 964 g/mol. The first-order chi connectivity index (χ1) is 33.4. The van der Waals surface area contributed by atoms with Crippen LogP contribution in [0.5, 0.6) is 34.5 Å². The third-order valence-electron chi connectivity index (χ3n) is 12.2. The SMILES string of the molecule is CCCCC(CC)COCC(O)COc1ccc(-c2nc(-c3ccc(OCC(O)COCC(CC)CCCC)cc3O)nc(-c3ccc(OCC(O)COCC(CC)CCCC)cc3O)n2)c(O)c1. The standard InChI is InChI=1S/C54H81N3O12/c1-7-13-16-37(10-4)28-64-31-40(58)34-67-43-19-22-46(49(61)25-43)52-55-53(47-23-20-44(26-50(47)62)68-35-41(59)32-65-29-38(11-5)17-14-8-2)57-54(56-52)48-24-21-45(27-51(48)63)69-36-42(60)33-66-30-39(12-6)18-15-9-3/h19-27,37-42,58-63H,7-18,28-36H2,1-6H3. The normalized spacial score (nSPS) is 14.2. The summed E-state index contributed by atoms with van der Waals surface area (Å²) in [6.07, 6.45) is 10.4. The van der Waals surface area contributed by atoms with Crippen LogP contribution in [0.3, 0.4) is 0 Å². The molecular weight excluding hydrogens is 883 g/mol. The fraction of sp³-hybridized carbons (Fsp3) is 0.611. The second kappa shape index (κ2) is 31.5. The van der Waals surface area contributed by atoms with Gasteiger partial charge in [-0.15, -0.1) is 0 Å². The van der Waals surface area contributed by atoms with E-state index in [1.807, 2.05) is 0 Å². The monoisotopic (exact) mass is 964 g/mol. The minimum absolute atomic E-state index is 0.0201. The van der Waals surface area contributed by atoms with Crippen LogP contribution in [-0.4, -0.2) is 123 Å². The summed E-state index contributed by atoms with van der Waals surface area (Å²) in [6.45, 7) is 14.8. The van der Waals surface area contributed by atoms with Crippen molar-refractivity contribution in [1.82, 2.24) is 15.0 Å². The number of unbranched alkanes of at least 4 members (excludes halogenated alkanes) is 3. The van der Waals surface area contributed by atoms with Crippen LogP contribution in [0, 0.1) is 17.8 Å². The number of phenolic OH excluding ortho intramolecular Hbond substituents is 3. The molecule has 0 fully saturated rings. The van der Waals surface area contributed by atoms with Crippen molar-refractivity contribution in [3.63, 3.8) is 0 Å². The van der Waals surface area contributed by atoms with E-state index in [4.69, 9.17) is 28.4 Å². The Morgan fingerprint density at radius 2 is 0.667 bits per heavy atom. The highest BCUT2D eigenvalue weighted by molar-refractivity contribution is 5.74. The van der Waals surface area contributed by atoms with Crippen molar-refractivity contribution in [2.75, 3.05) is 59.5 Å². The van der Waals surface area contributed by atoms with Gasteiger partial charge in [0, 0.05) is 38.0 Å². The van der Waals surface area contributed by atoms with E-state index in [2.05, 4.69) is 56.5 Å². The number of ether oxygens (including phenoxy) is 6. The van der Waals surface area contributed by atoms with Crippen LogP contribution in [0.2, 0.25) is 0 Å². The van der Waals surface area contributed by atoms with Crippen LogP contribution in [0.15, 0.2) is 54.6 Å². The van der Waals surface area contributed by atoms with E-state index in [1.165, 1.54) is 18.2 Å². The van der Waals surface area contributed by atoms with Crippen LogP contribution in [0.1, 0.15) is 119 Å². The maximum Gasteiger partial charge on any atom is 0.167 e. The van der Waals surface area contributed by atoms with E-state index in [1.54, 1.807) is 36.4 Å². The van der Waals surface area contributed by atoms with Gasteiger partial charge in [0.15, 0.2) is 17.5 Å². The lowest BCUT2D eigenvalue weighted by Crippen LogP contribution is -2.25. The summed E-state index contributed by atoms with van der Waals surface area (Å²) >= 11 is 0. The molecule has 6 unspecified atom stereocenters. The van der Waals surface area contributed by atoms with Crippen molar-refractivity contribution in [1.29, 1.82) is 0 Å². The van der Waals surface area contributed by atoms with Crippen LogP contribution >= 0.6 is 0 Å². The largest absolute Gasteiger partial charge is 0.507 e. The number of aromatic nitrogens is 3. The Bertz CT molecular complexity index is 1820. The van der Waals surface area contributed by atoms with Crippen LogP contribution < -0.4 is 14.2 Å². The Hall–Kier alpha value is -4.77. The molecule has 0 aliphatic rings. The van der Waals surface area contributed by atoms with Crippen molar-refractivity contribution >= 4 is 0 Å². The van der Waals surface area contributed by atoms with Gasteiger partial charge in [0.05, 0.1) is 36.5 Å². The quantitative estimate of drug-likeness (QED) is 0.0250. The first-order valence-electron chi connectivity index (χ1n) is 25.3. The Morgan fingerprint density at radius 1 is 0.391 bits per heavy atom. The van der Waals surface area contributed by atoms with Crippen LogP contribution in [0.4, 0.5) is 0 Å². The third kappa shape index (κ3) is 19.9. The topological polar surface area (TPSA) is 215 Å². The molecule has 0 saturated carbocycles. The van der Waals surface area contributed by atoms with Gasteiger partial charge in [-0.05, 0) is 73.4 Å². The number of rotatable bonds is 36. The van der Waals surface area contributed by atoms with Crippen molar-refractivity contribution in [3.05, 3.63) is 54.6 Å². The Kier molecular flexibility index (Phi) is 25.9. The number of aromatic hydroxyl groups is 3. The zero-order valence-corrected chi connectivity index (χ0v) is 42.0. The Morgan fingerprint density at radius 3 is 0.899 bits per heavy atom.